The Hall–Kier alpha value is -2.89. The number of methoxy groups -OCH3 is 1. The van der Waals surface area contributed by atoms with Crippen LogP contribution in [0.4, 0.5) is 5.82 Å². The Morgan fingerprint density at radius 2 is 1.97 bits per heavy atom. The van der Waals surface area contributed by atoms with Gasteiger partial charge in [-0.3, -0.25) is 0 Å². The lowest BCUT2D eigenvalue weighted by Gasteiger charge is -2.27. The summed E-state index contributed by atoms with van der Waals surface area (Å²) in [6, 6.07) is 9.52. The molecule has 33 heavy (non-hydrogen) atoms. The van der Waals surface area contributed by atoms with E-state index < -0.39 is 0 Å². The zero-order chi connectivity index (χ0) is 22.6. The van der Waals surface area contributed by atoms with Crippen LogP contribution in [0.2, 0.25) is 0 Å². The van der Waals surface area contributed by atoms with Crippen molar-refractivity contribution in [1.29, 1.82) is 0 Å². The third-order valence-electron chi connectivity index (χ3n) is 7.05. The molecule has 3 aliphatic rings. The quantitative estimate of drug-likeness (QED) is 0.636. The fraction of sp³-hybridized carbons (Fsp3) is 0.393. The molecule has 5 rings (SSSR count). The number of nitrogens with two attached hydrogens (primary N) is 1. The molecule has 0 radical (unpaired) electrons. The number of ether oxygens (including phenoxy) is 2. The lowest BCUT2D eigenvalue weighted by Crippen LogP contribution is -2.19. The van der Waals surface area contributed by atoms with Crippen LogP contribution in [0.3, 0.4) is 0 Å². The first-order chi connectivity index (χ1) is 16.2. The third-order valence-corrected chi connectivity index (χ3v) is 7.05. The van der Waals surface area contributed by atoms with Crippen molar-refractivity contribution in [3.63, 3.8) is 0 Å². The standard InChI is InChI=1S/C28H33N3O2/c1-32-27-8-4-2-3-6-23(27)25-17-21(18-31-28(25)29)20-9-10-22(19-11-14-33-15-12-19)24(16-20)26-7-5-13-30-26/h2-3,6,8-10,16-19,26,30H,4-5,7,11-15H2,1H3,(H2,29,31)/t26-/m0/s1. The first-order valence-corrected chi connectivity index (χ1v) is 12.1. The molecule has 2 aromatic rings. The molecule has 2 saturated heterocycles. The maximum absolute atomic E-state index is 6.34. The molecule has 1 aliphatic carbocycles. The summed E-state index contributed by atoms with van der Waals surface area (Å²) in [5.41, 5.74) is 13.4. The topological polar surface area (TPSA) is 69.4 Å². The number of hydrogen-bond acceptors (Lipinski definition) is 5. The first-order valence-electron chi connectivity index (χ1n) is 12.1. The molecule has 0 saturated carbocycles. The van der Waals surface area contributed by atoms with E-state index in [9.17, 15) is 0 Å². The molecule has 1 aromatic carbocycles. The number of anilines is 1. The first kappa shape index (κ1) is 21.9. The summed E-state index contributed by atoms with van der Waals surface area (Å²) in [6.07, 6.45) is 15.6. The highest BCUT2D eigenvalue weighted by Crippen LogP contribution is 2.38. The average molecular weight is 444 g/mol. The predicted molar refractivity (Wildman–Crippen MR) is 134 cm³/mol. The van der Waals surface area contributed by atoms with Gasteiger partial charge in [0.05, 0.1) is 7.11 Å². The molecule has 172 valence electrons. The summed E-state index contributed by atoms with van der Waals surface area (Å²) < 4.78 is 11.3. The smallest absolute Gasteiger partial charge is 0.131 e. The van der Waals surface area contributed by atoms with Crippen molar-refractivity contribution in [3.8, 4) is 11.1 Å². The monoisotopic (exact) mass is 443 g/mol. The summed E-state index contributed by atoms with van der Waals surface area (Å²) in [6.45, 7) is 2.80. The predicted octanol–water partition coefficient (Wildman–Crippen LogP) is 5.52. The largest absolute Gasteiger partial charge is 0.496 e. The van der Waals surface area contributed by atoms with Crippen LogP contribution in [-0.2, 0) is 9.47 Å². The molecule has 2 aliphatic heterocycles. The lowest BCUT2D eigenvalue weighted by molar-refractivity contribution is 0.0851. The van der Waals surface area contributed by atoms with Crippen LogP contribution in [0.25, 0.3) is 16.7 Å². The number of benzene rings is 1. The minimum atomic E-state index is 0.418. The number of hydrogen-bond donors (Lipinski definition) is 2. The molecule has 3 N–H and O–H groups in total. The molecule has 0 spiro atoms. The molecule has 1 atom stereocenters. The number of rotatable bonds is 5. The van der Waals surface area contributed by atoms with Gasteiger partial charge in [-0.05, 0) is 79.5 Å². The number of pyridine rings is 1. The van der Waals surface area contributed by atoms with Gasteiger partial charge in [0.25, 0.3) is 0 Å². The Kier molecular flexibility index (Phi) is 6.60. The Bertz CT molecular complexity index is 1090. The second-order valence-corrected chi connectivity index (χ2v) is 9.05. The molecular weight excluding hydrogens is 410 g/mol. The maximum atomic E-state index is 6.34. The van der Waals surface area contributed by atoms with E-state index in [-0.39, 0.29) is 0 Å². The average Bonchev–Trinajstić information content (AvgIpc) is 3.30. The van der Waals surface area contributed by atoms with Crippen molar-refractivity contribution >= 4 is 11.4 Å². The van der Waals surface area contributed by atoms with Gasteiger partial charge in [0.15, 0.2) is 0 Å². The summed E-state index contributed by atoms with van der Waals surface area (Å²) in [5.74, 6) is 1.92. The van der Waals surface area contributed by atoms with Crippen molar-refractivity contribution in [2.75, 3.05) is 32.6 Å². The normalized spacial score (nSPS) is 21.4. The number of nitrogens with zero attached hydrogens (tertiary/aromatic N) is 1. The molecule has 1 aromatic heterocycles. The Morgan fingerprint density at radius 3 is 2.76 bits per heavy atom. The number of aromatic nitrogens is 1. The summed E-state index contributed by atoms with van der Waals surface area (Å²) in [4.78, 5) is 4.57. The molecule has 5 nitrogen and oxygen atoms in total. The highest BCUT2D eigenvalue weighted by Gasteiger charge is 2.25. The minimum Gasteiger partial charge on any atom is -0.496 e. The third kappa shape index (κ3) is 4.61. The van der Waals surface area contributed by atoms with Gasteiger partial charge < -0.3 is 20.5 Å². The van der Waals surface area contributed by atoms with Gasteiger partial charge in [-0.2, -0.15) is 0 Å². The fourth-order valence-electron chi connectivity index (χ4n) is 5.26. The Morgan fingerprint density at radius 1 is 1.09 bits per heavy atom. The van der Waals surface area contributed by atoms with Gasteiger partial charge in [-0.15, -0.1) is 0 Å². The molecule has 2 fully saturated rings. The van der Waals surface area contributed by atoms with Crippen molar-refractivity contribution in [2.45, 2.75) is 44.1 Å². The van der Waals surface area contributed by atoms with Gasteiger partial charge in [0, 0.05) is 42.2 Å². The Balaban J connectivity index is 1.55. The highest BCUT2D eigenvalue weighted by atomic mass is 16.5. The lowest BCUT2D eigenvalue weighted by atomic mass is 9.84. The van der Waals surface area contributed by atoms with Crippen molar-refractivity contribution < 1.29 is 9.47 Å². The van der Waals surface area contributed by atoms with Gasteiger partial charge in [-0.1, -0.05) is 30.4 Å². The SMILES string of the molecule is COC1=CCC=CC=C1c1cc(-c2ccc(C3CCOCC3)c([C@@H]3CCCN3)c2)cnc1N. The summed E-state index contributed by atoms with van der Waals surface area (Å²) >= 11 is 0. The van der Waals surface area contributed by atoms with E-state index in [2.05, 4.69) is 58.9 Å². The van der Waals surface area contributed by atoms with E-state index in [0.717, 1.165) is 61.5 Å². The molecule has 5 heteroatoms. The second kappa shape index (κ2) is 9.94. The van der Waals surface area contributed by atoms with Crippen LogP contribution in [0, 0.1) is 0 Å². The second-order valence-electron chi connectivity index (χ2n) is 9.05. The molecule has 3 heterocycles. The van der Waals surface area contributed by atoms with Gasteiger partial charge in [0.2, 0.25) is 0 Å². The van der Waals surface area contributed by atoms with E-state index >= 15 is 0 Å². The van der Waals surface area contributed by atoms with Gasteiger partial charge in [0.1, 0.15) is 11.6 Å². The van der Waals surface area contributed by atoms with E-state index in [0.29, 0.717) is 17.8 Å². The van der Waals surface area contributed by atoms with E-state index in [1.165, 1.54) is 29.5 Å². The van der Waals surface area contributed by atoms with Crippen LogP contribution < -0.4 is 11.1 Å². The molecule has 0 bridgehead atoms. The minimum absolute atomic E-state index is 0.418. The van der Waals surface area contributed by atoms with Crippen LogP contribution in [0.15, 0.2) is 60.5 Å². The van der Waals surface area contributed by atoms with E-state index in [4.69, 9.17) is 15.2 Å². The Labute approximate surface area is 196 Å². The van der Waals surface area contributed by atoms with E-state index in [1.807, 2.05) is 6.20 Å². The molecule has 0 amide bonds. The maximum Gasteiger partial charge on any atom is 0.131 e. The van der Waals surface area contributed by atoms with Crippen LogP contribution in [0.1, 0.15) is 60.8 Å². The van der Waals surface area contributed by atoms with E-state index in [1.54, 1.807) is 7.11 Å². The van der Waals surface area contributed by atoms with Crippen LogP contribution >= 0.6 is 0 Å². The number of allylic oxidation sites excluding steroid dienone is 5. The summed E-state index contributed by atoms with van der Waals surface area (Å²) in [5, 5.41) is 3.72. The molecule has 0 unspecified atom stereocenters. The van der Waals surface area contributed by atoms with Crippen molar-refractivity contribution in [2.24, 2.45) is 0 Å². The zero-order valence-electron chi connectivity index (χ0n) is 19.3. The summed E-state index contributed by atoms with van der Waals surface area (Å²) in [7, 11) is 1.70. The molecular formula is C28H33N3O2. The zero-order valence-corrected chi connectivity index (χ0v) is 19.3. The van der Waals surface area contributed by atoms with Gasteiger partial charge >= 0.3 is 0 Å². The fourth-order valence-corrected chi connectivity index (χ4v) is 5.26. The van der Waals surface area contributed by atoms with Gasteiger partial charge in [-0.25, -0.2) is 4.98 Å². The number of nitrogens with one attached hydrogen (secondary N) is 1. The van der Waals surface area contributed by atoms with Crippen molar-refractivity contribution in [3.05, 3.63) is 77.2 Å². The van der Waals surface area contributed by atoms with Crippen LogP contribution in [0.5, 0.6) is 0 Å². The van der Waals surface area contributed by atoms with Crippen molar-refractivity contribution in [1.82, 2.24) is 10.3 Å². The number of nitrogen functional groups attached to an aromatic ring is 1. The van der Waals surface area contributed by atoms with Crippen LogP contribution in [-0.4, -0.2) is 31.9 Å². The highest BCUT2D eigenvalue weighted by molar-refractivity contribution is 5.86.